The van der Waals surface area contributed by atoms with Crippen LogP contribution in [0, 0.1) is 0 Å². The smallest absolute Gasteiger partial charge is 0.129 e. The van der Waals surface area contributed by atoms with Crippen LogP contribution in [0.4, 0.5) is 0 Å². The highest BCUT2D eigenvalue weighted by atomic mass is 35.5. The van der Waals surface area contributed by atoms with E-state index in [-0.39, 0.29) is 0 Å². The van der Waals surface area contributed by atoms with Gasteiger partial charge in [-0.3, -0.25) is 0 Å². The number of hydrogen-bond donors (Lipinski definition) is 0. The highest BCUT2D eigenvalue weighted by Crippen LogP contribution is 2.19. The van der Waals surface area contributed by atoms with Crippen LogP contribution in [0.1, 0.15) is 5.56 Å². The van der Waals surface area contributed by atoms with Crippen LogP contribution in [0.3, 0.4) is 0 Å². The average Bonchev–Trinajstić information content (AvgIpc) is 2.30. The zero-order chi connectivity index (χ0) is 10.5. The van der Waals surface area contributed by atoms with Crippen LogP contribution in [0.25, 0.3) is 0 Å². The molecule has 0 aliphatic heterocycles. The average molecular weight is 238 g/mol. The molecule has 5 heteroatoms. The molecule has 2 heterocycles. The van der Waals surface area contributed by atoms with E-state index in [4.69, 9.17) is 11.6 Å². The highest BCUT2D eigenvalue weighted by molar-refractivity contribution is 7.98. The summed E-state index contributed by atoms with van der Waals surface area (Å²) < 4.78 is 0. The molecule has 3 nitrogen and oxygen atoms in total. The number of rotatable bonds is 3. The normalized spacial score (nSPS) is 10.2. The number of aromatic nitrogens is 3. The van der Waals surface area contributed by atoms with Crippen LogP contribution in [-0.2, 0) is 5.75 Å². The van der Waals surface area contributed by atoms with E-state index in [2.05, 4.69) is 15.0 Å². The van der Waals surface area contributed by atoms with Crippen molar-refractivity contribution in [2.75, 3.05) is 0 Å². The second-order valence-electron chi connectivity index (χ2n) is 2.83. The van der Waals surface area contributed by atoms with Gasteiger partial charge < -0.3 is 0 Å². The summed E-state index contributed by atoms with van der Waals surface area (Å²) >= 11 is 7.34. The van der Waals surface area contributed by atoms with E-state index in [1.165, 1.54) is 0 Å². The van der Waals surface area contributed by atoms with Crippen molar-refractivity contribution in [1.82, 2.24) is 15.0 Å². The van der Waals surface area contributed by atoms with Gasteiger partial charge in [0.2, 0.25) is 0 Å². The Bertz CT molecular complexity index is 418. The van der Waals surface area contributed by atoms with Crippen LogP contribution in [0.2, 0.25) is 5.15 Å². The molecule has 0 bridgehead atoms. The molecule has 0 aliphatic rings. The van der Waals surface area contributed by atoms with Gasteiger partial charge in [-0.05, 0) is 17.7 Å². The minimum atomic E-state index is 0.519. The minimum Gasteiger partial charge on any atom is -0.245 e. The summed E-state index contributed by atoms with van der Waals surface area (Å²) in [4.78, 5) is 12.0. The molecule has 0 atom stereocenters. The van der Waals surface area contributed by atoms with Crippen molar-refractivity contribution < 1.29 is 0 Å². The summed E-state index contributed by atoms with van der Waals surface area (Å²) in [5.74, 6) is 0.835. The van der Waals surface area contributed by atoms with Gasteiger partial charge in [0, 0.05) is 18.1 Å². The molecule has 2 rings (SSSR count). The largest absolute Gasteiger partial charge is 0.245 e. The van der Waals surface area contributed by atoms with E-state index in [1.807, 2.05) is 12.1 Å². The maximum atomic E-state index is 5.69. The minimum absolute atomic E-state index is 0.519. The number of halogens is 1. The molecule has 0 N–H and O–H groups in total. The van der Waals surface area contributed by atoms with Crippen LogP contribution in [-0.4, -0.2) is 15.0 Å². The van der Waals surface area contributed by atoms with Crippen molar-refractivity contribution in [3.63, 3.8) is 0 Å². The third-order valence-corrected chi connectivity index (χ3v) is 2.97. The fourth-order valence-electron chi connectivity index (χ4n) is 1.01. The molecule has 0 fully saturated rings. The van der Waals surface area contributed by atoms with E-state index in [1.54, 1.807) is 36.5 Å². The van der Waals surface area contributed by atoms with Gasteiger partial charge in [-0.15, -0.1) is 11.8 Å². The lowest BCUT2D eigenvalue weighted by molar-refractivity contribution is 1.05. The summed E-state index contributed by atoms with van der Waals surface area (Å²) in [6.07, 6.45) is 5.05. The van der Waals surface area contributed by atoms with Crippen LogP contribution < -0.4 is 0 Å². The fourth-order valence-corrected chi connectivity index (χ4v) is 1.89. The van der Waals surface area contributed by atoms with Gasteiger partial charge in [-0.2, -0.15) is 0 Å². The number of thioether (sulfide) groups is 1. The first-order valence-corrected chi connectivity index (χ1v) is 5.70. The Hall–Kier alpha value is -1.13. The first kappa shape index (κ1) is 10.4. The Labute approximate surface area is 96.9 Å². The first-order chi connectivity index (χ1) is 7.34. The van der Waals surface area contributed by atoms with Crippen LogP contribution >= 0.6 is 23.4 Å². The fraction of sp³-hybridized carbons (Fsp3) is 0.100. The predicted octanol–water partition coefficient (Wildman–Crippen LogP) is 2.82. The van der Waals surface area contributed by atoms with E-state index in [9.17, 15) is 0 Å². The Morgan fingerprint density at radius 2 is 2.13 bits per heavy atom. The van der Waals surface area contributed by atoms with Gasteiger partial charge in [0.15, 0.2) is 0 Å². The molecule has 0 amide bonds. The van der Waals surface area contributed by atoms with Crippen LogP contribution in [0.5, 0.6) is 0 Å². The molecule has 0 radical (unpaired) electrons. The second-order valence-corrected chi connectivity index (χ2v) is 4.21. The molecule has 2 aromatic rings. The SMILES string of the molecule is Clc1ccc(CSc2ccncn2)cn1. The van der Waals surface area contributed by atoms with Crippen LogP contribution in [0.15, 0.2) is 41.9 Å². The summed E-state index contributed by atoms with van der Waals surface area (Å²) in [5, 5.41) is 1.48. The molecule has 0 aliphatic carbocycles. The summed E-state index contributed by atoms with van der Waals surface area (Å²) in [7, 11) is 0. The molecule has 0 saturated carbocycles. The van der Waals surface area contributed by atoms with Crippen molar-refractivity contribution in [1.29, 1.82) is 0 Å². The summed E-state index contributed by atoms with van der Waals surface area (Å²) in [6.45, 7) is 0. The lowest BCUT2D eigenvalue weighted by atomic mass is 10.3. The van der Waals surface area contributed by atoms with E-state index in [0.717, 1.165) is 16.3 Å². The molecule has 0 unspecified atom stereocenters. The summed E-state index contributed by atoms with van der Waals surface area (Å²) in [6, 6.07) is 5.63. The highest BCUT2D eigenvalue weighted by Gasteiger charge is 1.97. The van der Waals surface area contributed by atoms with Gasteiger partial charge in [0.05, 0.1) is 5.03 Å². The Morgan fingerprint density at radius 1 is 1.20 bits per heavy atom. The zero-order valence-corrected chi connectivity index (χ0v) is 9.37. The number of nitrogens with zero attached hydrogens (tertiary/aromatic N) is 3. The maximum Gasteiger partial charge on any atom is 0.129 e. The first-order valence-electron chi connectivity index (χ1n) is 4.34. The summed E-state index contributed by atoms with van der Waals surface area (Å²) in [5.41, 5.74) is 1.13. The van der Waals surface area contributed by atoms with E-state index >= 15 is 0 Å². The van der Waals surface area contributed by atoms with Gasteiger partial charge in [-0.25, -0.2) is 15.0 Å². The van der Waals surface area contributed by atoms with Gasteiger partial charge in [0.1, 0.15) is 11.5 Å². The van der Waals surface area contributed by atoms with Gasteiger partial charge in [0.25, 0.3) is 0 Å². The molecule has 76 valence electrons. The third-order valence-electron chi connectivity index (χ3n) is 1.73. The second kappa shape index (κ2) is 5.09. The lowest BCUT2D eigenvalue weighted by Gasteiger charge is -2.00. The molecule has 0 aromatic carbocycles. The van der Waals surface area contributed by atoms with E-state index < -0.39 is 0 Å². The molecule has 2 aromatic heterocycles. The zero-order valence-electron chi connectivity index (χ0n) is 7.80. The molecule has 15 heavy (non-hydrogen) atoms. The molecule has 0 spiro atoms. The quantitative estimate of drug-likeness (QED) is 0.468. The lowest BCUT2D eigenvalue weighted by Crippen LogP contribution is -1.85. The molecular formula is C10H8ClN3S. The van der Waals surface area contributed by atoms with E-state index in [0.29, 0.717) is 5.15 Å². The monoisotopic (exact) mass is 237 g/mol. The Morgan fingerprint density at radius 3 is 2.80 bits per heavy atom. The molecule has 0 saturated heterocycles. The van der Waals surface area contributed by atoms with Crippen molar-refractivity contribution in [3.05, 3.63) is 47.6 Å². The van der Waals surface area contributed by atoms with Crippen molar-refractivity contribution in [2.45, 2.75) is 10.8 Å². The van der Waals surface area contributed by atoms with Gasteiger partial charge in [-0.1, -0.05) is 17.7 Å². The Balaban J connectivity index is 1.96. The molecular weight excluding hydrogens is 230 g/mol. The predicted molar refractivity (Wildman–Crippen MR) is 60.8 cm³/mol. The van der Waals surface area contributed by atoms with Crippen molar-refractivity contribution >= 4 is 23.4 Å². The third kappa shape index (κ3) is 3.18. The Kier molecular flexibility index (Phi) is 3.53. The number of hydrogen-bond acceptors (Lipinski definition) is 4. The van der Waals surface area contributed by atoms with Crippen molar-refractivity contribution in [3.8, 4) is 0 Å². The number of pyridine rings is 1. The standard InChI is InChI=1S/C10H8ClN3S/c11-9-2-1-8(5-13-9)6-15-10-3-4-12-7-14-10/h1-5,7H,6H2. The maximum absolute atomic E-state index is 5.69. The van der Waals surface area contributed by atoms with Crippen molar-refractivity contribution in [2.24, 2.45) is 0 Å². The van der Waals surface area contributed by atoms with Gasteiger partial charge >= 0.3 is 0 Å². The topological polar surface area (TPSA) is 38.7 Å².